The Morgan fingerprint density at radius 1 is 1.16 bits per heavy atom. The van der Waals surface area contributed by atoms with Crippen LogP contribution in [0.1, 0.15) is 61.2 Å². The lowest BCUT2D eigenvalue weighted by molar-refractivity contribution is -0.142. The minimum Gasteiger partial charge on any atom is -0.481 e. The lowest BCUT2D eigenvalue weighted by Gasteiger charge is -2.25. The zero-order valence-electron chi connectivity index (χ0n) is 18.1. The van der Waals surface area contributed by atoms with Crippen LogP contribution in [0.3, 0.4) is 0 Å². The third-order valence-electron chi connectivity index (χ3n) is 6.30. The van der Waals surface area contributed by atoms with Crippen molar-refractivity contribution in [1.29, 1.82) is 0 Å². The second-order valence-electron chi connectivity index (χ2n) is 8.54. The molecule has 2 aliphatic rings. The molecule has 2 aromatic heterocycles. The maximum absolute atomic E-state index is 11.3. The summed E-state index contributed by atoms with van der Waals surface area (Å²) in [7, 11) is 0. The van der Waals surface area contributed by atoms with E-state index in [9.17, 15) is 9.90 Å². The molecule has 0 atom stereocenters. The van der Waals surface area contributed by atoms with Crippen LogP contribution < -0.4 is 14.8 Å². The van der Waals surface area contributed by atoms with Crippen molar-refractivity contribution in [3.8, 4) is 11.5 Å². The molecule has 0 bridgehead atoms. The first-order chi connectivity index (χ1) is 15.6. The van der Waals surface area contributed by atoms with E-state index in [2.05, 4.69) is 18.3 Å². The minimum absolute atomic E-state index is 0.206. The Labute approximate surface area is 190 Å². The second kappa shape index (κ2) is 8.94. The van der Waals surface area contributed by atoms with Crippen LogP contribution >= 0.6 is 11.3 Å². The highest BCUT2D eigenvalue weighted by molar-refractivity contribution is 7.18. The molecule has 0 spiro atoms. The quantitative estimate of drug-likeness (QED) is 0.498. The van der Waals surface area contributed by atoms with Gasteiger partial charge in [-0.15, -0.1) is 11.3 Å². The molecule has 0 unspecified atom stereocenters. The van der Waals surface area contributed by atoms with E-state index in [0.717, 1.165) is 64.6 Å². The lowest BCUT2D eigenvalue weighted by atomic mass is 9.81. The standard InChI is InChI=1S/C24H27N3O4S/c1-2-3-17-11-18-22(25-12-14-4-9-19-20(10-14)31-13-30-19)26-21(27-23(18)32-17)15-5-7-16(8-6-15)24(28)29/h4,9-11,15-16H,2-3,5-8,12-13H2,1H3,(H,28,29)(H,25,26,27). The molecule has 1 aliphatic heterocycles. The SMILES string of the molecule is CCCc1cc2c(NCc3ccc4c(c3)OCO4)nc(C3CCC(C(=O)O)CC3)nc2s1. The molecule has 5 rings (SSSR count). The number of aryl methyl sites for hydroxylation is 1. The number of fused-ring (bicyclic) bond motifs is 2. The van der Waals surface area contributed by atoms with Gasteiger partial charge in [0.05, 0.1) is 11.3 Å². The van der Waals surface area contributed by atoms with Crippen LogP contribution in [0, 0.1) is 5.92 Å². The first-order valence-corrected chi connectivity index (χ1v) is 12.1. The third kappa shape index (κ3) is 4.24. The van der Waals surface area contributed by atoms with Crippen LogP contribution in [0.25, 0.3) is 10.2 Å². The van der Waals surface area contributed by atoms with Crippen LogP contribution in [0.5, 0.6) is 11.5 Å². The van der Waals surface area contributed by atoms with Gasteiger partial charge in [0, 0.05) is 17.3 Å². The van der Waals surface area contributed by atoms with Crippen molar-refractivity contribution < 1.29 is 19.4 Å². The van der Waals surface area contributed by atoms with Crippen LogP contribution in [-0.4, -0.2) is 27.8 Å². The largest absolute Gasteiger partial charge is 0.481 e. The summed E-state index contributed by atoms with van der Waals surface area (Å²) in [6.45, 7) is 3.06. The number of hydrogen-bond acceptors (Lipinski definition) is 7. The topological polar surface area (TPSA) is 93.6 Å². The number of carboxylic acid groups (broad SMARTS) is 1. The van der Waals surface area contributed by atoms with Gasteiger partial charge in [-0.3, -0.25) is 4.79 Å². The fourth-order valence-electron chi connectivity index (χ4n) is 4.51. The van der Waals surface area contributed by atoms with Crippen molar-refractivity contribution in [1.82, 2.24) is 9.97 Å². The summed E-state index contributed by atoms with van der Waals surface area (Å²) in [5, 5.41) is 13.9. The second-order valence-corrected chi connectivity index (χ2v) is 9.66. The number of hydrogen-bond donors (Lipinski definition) is 2. The first-order valence-electron chi connectivity index (χ1n) is 11.3. The number of carboxylic acids is 1. The van der Waals surface area contributed by atoms with Gasteiger partial charge in [0.2, 0.25) is 6.79 Å². The van der Waals surface area contributed by atoms with Crippen molar-refractivity contribution in [2.24, 2.45) is 5.92 Å². The molecule has 1 aliphatic carbocycles. The highest BCUT2D eigenvalue weighted by atomic mass is 32.1. The average molecular weight is 454 g/mol. The number of anilines is 1. The van der Waals surface area contributed by atoms with E-state index in [1.54, 1.807) is 11.3 Å². The number of nitrogens with one attached hydrogen (secondary N) is 1. The van der Waals surface area contributed by atoms with Gasteiger partial charge in [0.25, 0.3) is 0 Å². The number of aromatic nitrogens is 2. The highest BCUT2D eigenvalue weighted by Crippen LogP contribution is 2.38. The van der Waals surface area contributed by atoms with Gasteiger partial charge in [-0.25, -0.2) is 9.97 Å². The highest BCUT2D eigenvalue weighted by Gasteiger charge is 2.29. The molecule has 32 heavy (non-hydrogen) atoms. The van der Waals surface area contributed by atoms with Gasteiger partial charge in [-0.05, 0) is 55.9 Å². The van der Waals surface area contributed by atoms with Crippen molar-refractivity contribution in [2.45, 2.75) is 57.9 Å². The van der Waals surface area contributed by atoms with E-state index in [1.165, 1.54) is 4.88 Å². The summed E-state index contributed by atoms with van der Waals surface area (Å²) >= 11 is 1.74. The summed E-state index contributed by atoms with van der Waals surface area (Å²) in [6, 6.07) is 8.17. The van der Waals surface area contributed by atoms with Crippen molar-refractivity contribution in [3.05, 3.63) is 40.5 Å². The summed E-state index contributed by atoms with van der Waals surface area (Å²) in [4.78, 5) is 23.5. The summed E-state index contributed by atoms with van der Waals surface area (Å²) < 4.78 is 10.9. The van der Waals surface area contributed by atoms with E-state index < -0.39 is 5.97 Å². The van der Waals surface area contributed by atoms with Crippen molar-refractivity contribution >= 4 is 33.3 Å². The van der Waals surface area contributed by atoms with Gasteiger partial charge in [0.1, 0.15) is 16.5 Å². The normalized spacial score (nSPS) is 19.9. The van der Waals surface area contributed by atoms with Gasteiger partial charge < -0.3 is 19.9 Å². The molecule has 168 valence electrons. The molecule has 8 heteroatoms. The Balaban J connectivity index is 1.41. The van der Waals surface area contributed by atoms with Crippen LogP contribution in [0.15, 0.2) is 24.3 Å². The lowest BCUT2D eigenvalue weighted by Crippen LogP contribution is -2.21. The summed E-state index contributed by atoms with van der Waals surface area (Å²) in [6.07, 6.45) is 5.13. The smallest absolute Gasteiger partial charge is 0.306 e. The predicted molar refractivity (Wildman–Crippen MR) is 124 cm³/mol. The fourth-order valence-corrected chi connectivity index (χ4v) is 5.65. The zero-order valence-corrected chi connectivity index (χ0v) is 18.9. The molecule has 0 saturated heterocycles. The first kappa shape index (κ1) is 21.0. The van der Waals surface area contributed by atoms with E-state index in [-0.39, 0.29) is 18.6 Å². The van der Waals surface area contributed by atoms with Crippen LogP contribution in [0.2, 0.25) is 0 Å². The van der Waals surface area contributed by atoms with Gasteiger partial charge in [-0.2, -0.15) is 0 Å². The predicted octanol–water partition coefficient (Wildman–Crippen LogP) is 5.34. The monoisotopic (exact) mass is 453 g/mol. The number of aliphatic carboxylic acids is 1. The molecule has 3 aromatic rings. The van der Waals surface area contributed by atoms with E-state index in [0.29, 0.717) is 19.4 Å². The number of thiophene rings is 1. The van der Waals surface area contributed by atoms with Gasteiger partial charge in [-0.1, -0.05) is 19.4 Å². The Morgan fingerprint density at radius 3 is 2.75 bits per heavy atom. The maximum Gasteiger partial charge on any atom is 0.306 e. The Bertz CT molecular complexity index is 1140. The number of rotatable bonds is 7. The number of nitrogens with zero attached hydrogens (tertiary/aromatic N) is 2. The average Bonchev–Trinajstić information content (AvgIpc) is 3.43. The molecule has 7 nitrogen and oxygen atoms in total. The molecular formula is C24H27N3O4S. The summed E-state index contributed by atoms with van der Waals surface area (Å²) in [5.41, 5.74) is 1.09. The molecule has 0 radical (unpaired) electrons. The maximum atomic E-state index is 11.3. The molecule has 1 aromatic carbocycles. The van der Waals surface area contributed by atoms with E-state index in [1.807, 2.05) is 18.2 Å². The van der Waals surface area contributed by atoms with Crippen LogP contribution in [-0.2, 0) is 17.8 Å². The van der Waals surface area contributed by atoms with E-state index >= 15 is 0 Å². The number of ether oxygens (including phenoxy) is 2. The molecule has 2 N–H and O–H groups in total. The van der Waals surface area contributed by atoms with Gasteiger partial charge >= 0.3 is 5.97 Å². The van der Waals surface area contributed by atoms with Crippen molar-refractivity contribution in [2.75, 3.05) is 12.1 Å². The Hall–Kier alpha value is -2.87. The molecule has 1 fully saturated rings. The molecule has 1 saturated carbocycles. The number of carbonyl (C=O) groups is 1. The third-order valence-corrected chi connectivity index (χ3v) is 7.38. The minimum atomic E-state index is -0.687. The van der Waals surface area contributed by atoms with E-state index in [4.69, 9.17) is 19.4 Å². The van der Waals surface area contributed by atoms with Crippen LogP contribution in [0.4, 0.5) is 5.82 Å². The van der Waals surface area contributed by atoms with Gasteiger partial charge in [0.15, 0.2) is 11.5 Å². The summed E-state index contributed by atoms with van der Waals surface area (Å²) in [5.74, 6) is 2.51. The molecular weight excluding hydrogens is 426 g/mol. The Morgan fingerprint density at radius 2 is 1.97 bits per heavy atom. The number of benzene rings is 1. The molecule has 3 heterocycles. The zero-order chi connectivity index (χ0) is 22.1. The fraction of sp³-hybridized carbons (Fsp3) is 0.458. The Kier molecular flexibility index (Phi) is 5.87. The van der Waals surface area contributed by atoms with Crippen molar-refractivity contribution in [3.63, 3.8) is 0 Å². The molecule has 0 amide bonds.